The summed E-state index contributed by atoms with van der Waals surface area (Å²) in [7, 11) is 5.48. The Balaban J connectivity index is 1.52. The molecule has 1 aromatic carbocycles. The average molecular weight is 575 g/mol. The zero-order valence-electron chi connectivity index (χ0n) is 23.3. The van der Waals surface area contributed by atoms with Crippen molar-refractivity contribution in [2.24, 2.45) is 0 Å². The van der Waals surface area contributed by atoms with Gasteiger partial charge in [-0.2, -0.15) is 0 Å². The molecule has 0 unspecified atom stereocenters. The van der Waals surface area contributed by atoms with Gasteiger partial charge in [0.2, 0.25) is 0 Å². The molecule has 0 radical (unpaired) electrons. The van der Waals surface area contributed by atoms with Crippen molar-refractivity contribution < 1.29 is 19.3 Å². The maximum absolute atomic E-state index is 14.9. The van der Waals surface area contributed by atoms with Crippen molar-refractivity contribution in [3.05, 3.63) is 58.4 Å². The molecule has 42 heavy (non-hydrogen) atoms. The summed E-state index contributed by atoms with van der Waals surface area (Å²) in [5.41, 5.74) is 6.63. The number of H-pyrrole nitrogens is 1. The number of fused-ring (bicyclic) bond motifs is 5. The first-order chi connectivity index (χ1) is 20.3. The predicted molar refractivity (Wildman–Crippen MR) is 159 cm³/mol. The van der Waals surface area contributed by atoms with Gasteiger partial charge in [0.05, 0.1) is 52.0 Å². The number of hydrogen-bond donors (Lipinski definition) is 5. The third-order valence-corrected chi connectivity index (χ3v) is 8.53. The lowest BCUT2D eigenvalue weighted by molar-refractivity contribution is -0.0435. The van der Waals surface area contributed by atoms with E-state index in [-0.39, 0.29) is 28.9 Å². The molecule has 0 spiro atoms. The second-order valence-corrected chi connectivity index (χ2v) is 10.8. The second-order valence-electron chi connectivity index (χ2n) is 10.8. The lowest BCUT2D eigenvalue weighted by Gasteiger charge is -2.33. The molecular formula is C29H31FN8O4. The minimum Gasteiger partial charge on any atom is -0.386 e. The molecule has 2 aliphatic rings. The normalized spacial score (nSPS) is 19.4. The SMILES string of the molecule is CNc1cc(F)cc2c1[nH]c1ncc(-c3cnc4c(c3)c(=O)c(C(O)O)cn4NC)c(N3C[C@@H]4OCCN(C)[C@@H]4C3)c12. The Morgan fingerprint density at radius 2 is 1.98 bits per heavy atom. The van der Waals surface area contributed by atoms with E-state index in [1.807, 2.05) is 0 Å². The standard InChI is InChI=1S/C29H31FN8O4/c1-31-20-8-15(30)7-16-23-25(37-12-21-22(13-37)42-5-4-36(21)3)18(10-33-27(23)35-24(16)20)14-6-17-26(39)19(29(40)41)11-38(32-2)28(17)34-9-14/h6-11,21-22,29,31-32,40-41H,4-5,12-13H2,1-3H3,(H,33,35)/t21-,22+/m1/s1. The van der Waals surface area contributed by atoms with Crippen molar-refractivity contribution in [3.8, 4) is 11.1 Å². The summed E-state index contributed by atoms with van der Waals surface area (Å²) in [6.45, 7) is 2.79. The van der Waals surface area contributed by atoms with Crippen LogP contribution in [-0.4, -0.2) is 94.3 Å². The summed E-state index contributed by atoms with van der Waals surface area (Å²) in [4.78, 5) is 30.6. The predicted octanol–water partition coefficient (Wildman–Crippen LogP) is 1.95. The zero-order valence-corrected chi connectivity index (χ0v) is 23.3. The van der Waals surface area contributed by atoms with Crippen LogP contribution in [0.5, 0.6) is 0 Å². The fourth-order valence-electron chi connectivity index (χ4n) is 6.42. The van der Waals surface area contributed by atoms with Gasteiger partial charge in [-0.15, -0.1) is 0 Å². The Morgan fingerprint density at radius 3 is 2.71 bits per heavy atom. The number of aliphatic hydroxyl groups excluding tert-OH is 1. The first kappa shape index (κ1) is 26.6. The summed E-state index contributed by atoms with van der Waals surface area (Å²) in [5.74, 6) is -0.377. The van der Waals surface area contributed by atoms with Gasteiger partial charge in [-0.05, 0) is 25.2 Å². The number of halogens is 1. The van der Waals surface area contributed by atoms with Crippen LogP contribution in [-0.2, 0) is 4.74 Å². The van der Waals surface area contributed by atoms with Gasteiger partial charge in [0.25, 0.3) is 0 Å². The highest BCUT2D eigenvalue weighted by Gasteiger charge is 2.40. The average Bonchev–Trinajstić information content (AvgIpc) is 3.59. The van der Waals surface area contributed by atoms with Gasteiger partial charge in [-0.3, -0.25) is 9.69 Å². The Labute approximate surface area is 239 Å². The number of ether oxygens (including phenoxy) is 1. The van der Waals surface area contributed by atoms with Crippen molar-refractivity contribution in [1.82, 2.24) is 24.5 Å². The van der Waals surface area contributed by atoms with E-state index >= 15 is 0 Å². The number of aliphatic hydroxyl groups is 2. The summed E-state index contributed by atoms with van der Waals surface area (Å²) in [5, 5.41) is 24.4. The van der Waals surface area contributed by atoms with Crippen molar-refractivity contribution in [2.75, 3.05) is 63.0 Å². The number of morpholine rings is 1. The van der Waals surface area contributed by atoms with Gasteiger partial charge in [-0.1, -0.05) is 0 Å². The van der Waals surface area contributed by atoms with Crippen LogP contribution >= 0.6 is 0 Å². The molecule has 2 aliphatic heterocycles. The van der Waals surface area contributed by atoms with Gasteiger partial charge < -0.3 is 35.6 Å². The van der Waals surface area contributed by atoms with E-state index in [0.29, 0.717) is 53.2 Å². The number of benzene rings is 1. The van der Waals surface area contributed by atoms with Gasteiger partial charge in [-0.25, -0.2) is 19.0 Å². The molecule has 5 aromatic rings. The molecule has 0 bridgehead atoms. The molecule has 5 N–H and O–H groups in total. The zero-order chi connectivity index (χ0) is 29.3. The molecule has 13 heteroatoms. The van der Waals surface area contributed by atoms with E-state index < -0.39 is 11.7 Å². The Kier molecular flexibility index (Phi) is 6.27. The van der Waals surface area contributed by atoms with Gasteiger partial charge in [0, 0.05) is 68.8 Å². The van der Waals surface area contributed by atoms with Crippen LogP contribution in [0.3, 0.4) is 0 Å². The lowest BCUT2D eigenvalue weighted by Crippen LogP contribution is -2.48. The van der Waals surface area contributed by atoms with Crippen molar-refractivity contribution in [3.63, 3.8) is 0 Å². The number of anilines is 2. The monoisotopic (exact) mass is 574 g/mol. The second kappa shape index (κ2) is 9.91. The largest absolute Gasteiger partial charge is 0.386 e. The summed E-state index contributed by atoms with van der Waals surface area (Å²) >= 11 is 0. The molecule has 0 amide bonds. The van der Waals surface area contributed by atoms with Crippen LogP contribution in [0.15, 0.2) is 41.6 Å². The van der Waals surface area contributed by atoms with E-state index in [0.717, 1.165) is 23.1 Å². The van der Waals surface area contributed by atoms with Gasteiger partial charge in [0.1, 0.15) is 11.5 Å². The molecule has 12 nitrogen and oxygen atoms in total. The van der Waals surface area contributed by atoms with Crippen LogP contribution < -0.4 is 21.1 Å². The molecule has 2 atom stereocenters. The quantitative estimate of drug-likeness (QED) is 0.198. The Bertz CT molecular complexity index is 1920. The van der Waals surface area contributed by atoms with Gasteiger partial charge in [0.15, 0.2) is 17.4 Å². The highest BCUT2D eigenvalue weighted by atomic mass is 19.1. The van der Waals surface area contributed by atoms with Crippen LogP contribution in [0.2, 0.25) is 0 Å². The molecule has 2 saturated heterocycles. The number of aromatic nitrogens is 4. The maximum Gasteiger partial charge on any atom is 0.199 e. The Morgan fingerprint density at radius 1 is 1.14 bits per heavy atom. The molecule has 7 rings (SSSR count). The molecule has 218 valence electrons. The number of aromatic amines is 1. The molecule has 4 aromatic heterocycles. The number of likely N-dealkylation sites (N-methyl/N-ethyl adjacent to an activating group) is 1. The fraction of sp³-hybridized carbons (Fsp3) is 0.345. The maximum atomic E-state index is 14.9. The number of nitrogens with one attached hydrogen (secondary N) is 3. The van der Waals surface area contributed by atoms with Crippen molar-refractivity contribution in [2.45, 2.75) is 18.4 Å². The van der Waals surface area contributed by atoms with Crippen molar-refractivity contribution >= 4 is 44.3 Å². The summed E-state index contributed by atoms with van der Waals surface area (Å²) in [6.07, 6.45) is 2.77. The fourth-order valence-corrected chi connectivity index (χ4v) is 6.42. The highest BCUT2D eigenvalue weighted by molar-refractivity contribution is 6.18. The number of pyridine rings is 3. The number of nitrogens with zero attached hydrogens (tertiary/aromatic N) is 5. The Hall–Kier alpha value is -4.30. The van der Waals surface area contributed by atoms with Crippen LogP contribution in [0.25, 0.3) is 44.1 Å². The minimum atomic E-state index is -1.95. The van der Waals surface area contributed by atoms with E-state index in [1.54, 1.807) is 32.6 Å². The lowest BCUT2D eigenvalue weighted by atomic mass is 10.0. The van der Waals surface area contributed by atoms with Crippen molar-refractivity contribution in [1.29, 1.82) is 0 Å². The van der Waals surface area contributed by atoms with Gasteiger partial charge >= 0.3 is 0 Å². The third kappa shape index (κ3) is 4.00. The molecule has 0 saturated carbocycles. The number of rotatable bonds is 5. The van der Waals surface area contributed by atoms with E-state index in [1.165, 1.54) is 23.0 Å². The van der Waals surface area contributed by atoms with Crippen LogP contribution in [0, 0.1) is 5.82 Å². The summed E-state index contributed by atoms with van der Waals surface area (Å²) in [6, 6.07) is 4.82. The highest BCUT2D eigenvalue weighted by Crippen LogP contribution is 2.44. The first-order valence-electron chi connectivity index (χ1n) is 13.8. The topological polar surface area (TPSA) is 144 Å². The van der Waals surface area contributed by atoms with Crippen LogP contribution in [0.1, 0.15) is 11.9 Å². The molecule has 6 heterocycles. The first-order valence-corrected chi connectivity index (χ1v) is 13.8. The molecular weight excluding hydrogens is 543 g/mol. The third-order valence-electron chi connectivity index (χ3n) is 8.53. The van der Waals surface area contributed by atoms with Crippen LogP contribution in [0.4, 0.5) is 15.8 Å². The number of hydrogen-bond acceptors (Lipinski definition) is 10. The minimum absolute atomic E-state index is 0.000728. The molecule has 2 fully saturated rings. The van der Waals surface area contributed by atoms with E-state index in [4.69, 9.17) is 9.72 Å². The van der Waals surface area contributed by atoms with E-state index in [2.05, 4.69) is 37.6 Å². The van der Waals surface area contributed by atoms with E-state index in [9.17, 15) is 19.4 Å². The summed E-state index contributed by atoms with van der Waals surface area (Å²) < 4.78 is 22.5. The molecule has 0 aliphatic carbocycles. The smallest absolute Gasteiger partial charge is 0.199 e.